The van der Waals surface area contributed by atoms with Crippen molar-refractivity contribution in [2.45, 2.75) is 18.9 Å². The number of H-pyrrole nitrogens is 1. The Bertz CT molecular complexity index is 840. The fourth-order valence-electron chi connectivity index (χ4n) is 3.21. The molecule has 1 atom stereocenters. The number of aromatic amines is 1. The number of carbonyl (C=O) groups excluding carboxylic acids is 1. The number of hydrogen-bond donors (Lipinski definition) is 1. The molecule has 3 aromatic rings. The smallest absolute Gasteiger partial charge is 0.254 e. The van der Waals surface area contributed by atoms with Crippen molar-refractivity contribution in [2.75, 3.05) is 6.54 Å². The monoisotopic (exact) mass is 325 g/mol. The van der Waals surface area contributed by atoms with E-state index >= 15 is 0 Å². The Balaban J connectivity index is 1.67. The zero-order chi connectivity index (χ0) is 15.8. The van der Waals surface area contributed by atoms with Gasteiger partial charge in [0.05, 0.1) is 17.1 Å². The van der Waals surface area contributed by atoms with Gasteiger partial charge in [0.25, 0.3) is 5.91 Å². The van der Waals surface area contributed by atoms with Gasteiger partial charge in [-0.3, -0.25) is 4.79 Å². The van der Waals surface area contributed by atoms with Crippen LogP contribution in [-0.4, -0.2) is 27.3 Å². The van der Waals surface area contributed by atoms with Crippen LogP contribution in [0.3, 0.4) is 0 Å². The number of hydrogen-bond acceptors (Lipinski definition) is 2. The van der Waals surface area contributed by atoms with E-state index in [9.17, 15) is 4.79 Å². The van der Waals surface area contributed by atoms with Gasteiger partial charge in [-0.2, -0.15) is 0 Å². The van der Waals surface area contributed by atoms with Gasteiger partial charge in [-0.15, -0.1) is 0 Å². The molecule has 1 fully saturated rings. The predicted molar refractivity (Wildman–Crippen MR) is 90.6 cm³/mol. The van der Waals surface area contributed by atoms with E-state index in [1.54, 1.807) is 12.1 Å². The first-order valence-corrected chi connectivity index (χ1v) is 8.11. The van der Waals surface area contributed by atoms with Crippen molar-refractivity contribution < 1.29 is 4.79 Å². The molecule has 1 amide bonds. The molecule has 0 bridgehead atoms. The van der Waals surface area contributed by atoms with Gasteiger partial charge >= 0.3 is 0 Å². The maximum Gasteiger partial charge on any atom is 0.254 e. The summed E-state index contributed by atoms with van der Waals surface area (Å²) in [6.07, 6.45) is 1.90. The number of halogens is 1. The number of likely N-dealkylation sites (tertiary alicyclic amines) is 1. The third-order valence-electron chi connectivity index (χ3n) is 4.31. The highest BCUT2D eigenvalue weighted by Crippen LogP contribution is 2.32. The van der Waals surface area contributed by atoms with Gasteiger partial charge < -0.3 is 9.88 Å². The molecule has 2 aromatic carbocycles. The molecule has 1 aromatic heterocycles. The Hall–Kier alpha value is -2.33. The largest absolute Gasteiger partial charge is 0.340 e. The number of benzene rings is 2. The molecule has 0 unspecified atom stereocenters. The lowest BCUT2D eigenvalue weighted by molar-refractivity contribution is 0.0730. The average Bonchev–Trinajstić information content (AvgIpc) is 3.20. The Morgan fingerprint density at radius 1 is 1.22 bits per heavy atom. The topological polar surface area (TPSA) is 49.0 Å². The van der Waals surface area contributed by atoms with Crippen LogP contribution in [0, 0.1) is 0 Å². The Labute approximate surface area is 139 Å². The molecule has 1 aliphatic rings. The fourth-order valence-corrected chi connectivity index (χ4v) is 3.40. The van der Waals surface area contributed by atoms with Crippen LogP contribution < -0.4 is 0 Å². The molecule has 0 saturated carbocycles. The quantitative estimate of drug-likeness (QED) is 0.768. The SMILES string of the molecule is O=C(c1cccc(Cl)c1)N1CCC[C@H]1c1nc2ccccc2[nH]1. The second-order valence-electron chi connectivity index (χ2n) is 5.81. The number of carbonyl (C=O) groups is 1. The van der Waals surface area contributed by atoms with Crippen LogP contribution in [0.4, 0.5) is 0 Å². The number of nitrogens with one attached hydrogen (secondary N) is 1. The molecule has 1 saturated heterocycles. The standard InChI is InChI=1S/C18H16ClN3O/c19-13-6-3-5-12(11-13)18(23)22-10-4-9-16(22)17-20-14-7-1-2-8-15(14)21-17/h1-3,5-8,11,16H,4,9-10H2,(H,20,21)/t16-/m0/s1. The molecule has 2 heterocycles. The molecular weight excluding hydrogens is 310 g/mol. The number of nitrogens with zero attached hydrogens (tertiary/aromatic N) is 2. The van der Waals surface area contributed by atoms with Crippen LogP contribution in [0.1, 0.15) is 35.1 Å². The van der Waals surface area contributed by atoms with Gasteiger partial charge in [0.15, 0.2) is 0 Å². The van der Waals surface area contributed by atoms with E-state index in [0.29, 0.717) is 10.6 Å². The van der Waals surface area contributed by atoms with Crippen molar-refractivity contribution in [2.24, 2.45) is 0 Å². The minimum atomic E-state index is -0.00567. The van der Waals surface area contributed by atoms with Gasteiger partial charge in [-0.1, -0.05) is 29.8 Å². The molecular formula is C18H16ClN3O. The molecule has 1 aliphatic heterocycles. The first-order chi connectivity index (χ1) is 11.2. The van der Waals surface area contributed by atoms with Crippen LogP contribution in [-0.2, 0) is 0 Å². The molecule has 0 aliphatic carbocycles. The summed E-state index contributed by atoms with van der Waals surface area (Å²) in [6, 6.07) is 15.0. The fraction of sp³-hybridized carbons (Fsp3) is 0.222. The van der Waals surface area contributed by atoms with Gasteiger partial charge in [0.2, 0.25) is 0 Å². The summed E-state index contributed by atoms with van der Waals surface area (Å²) >= 11 is 6.01. The van der Waals surface area contributed by atoms with Gasteiger partial charge in [-0.05, 0) is 43.2 Å². The van der Waals surface area contributed by atoms with Crippen LogP contribution in [0.5, 0.6) is 0 Å². The molecule has 5 heteroatoms. The van der Waals surface area contributed by atoms with Crippen LogP contribution in [0.15, 0.2) is 48.5 Å². The molecule has 4 rings (SSSR count). The Morgan fingerprint density at radius 3 is 2.91 bits per heavy atom. The zero-order valence-corrected chi connectivity index (χ0v) is 13.3. The number of para-hydroxylation sites is 2. The third kappa shape index (κ3) is 2.59. The number of rotatable bonds is 2. The summed E-state index contributed by atoms with van der Waals surface area (Å²) in [5.41, 5.74) is 2.56. The minimum absolute atomic E-state index is 0.00567. The normalized spacial score (nSPS) is 17.8. The number of aromatic nitrogens is 2. The van der Waals surface area contributed by atoms with Crippen molar-refractivity contribution in [1.29, 1.82) is 0 Å². The number of amides is 1. The molecule has 4 nitrogen and oxygen atoms in total. The highest BCUT2D eigenvalue weighted by Gasteiger charge is 2.32. The molecule has 1 N–H and O–H groups in total. The van der Waals surface area contributed by atoms with Crippen LogP contribution >= 0.6 is 11.6 Å². The maximum absolute atomic E-state index is 12.8. The van der Waals surface area contributed by atoms with Crippen LogP contribution in [0.2, 0.25) is 5.02 Å². The Morgan fingerprint density at radius 2 is 2.09 bits per heavy atom. The second-order valence-corrected chi connectivity index (χ2v) is 6.24. The third-order valence-corrected chi connectivity index (χ3v) is 4.54. The Kier molecular flexibility index (Phi) is 3.54. The molecule has 0 spiro atoms. The first kappa shape index (κ1) is 14.3. The highest BCUT2D eigenvalue weighted by molar-refractivity contribution is 6.30. The summed E-state index contributed by atoms with van der Waals surface area (Å²) < 4.78 is 0. The van der Waals surface area contributed by atoms with Crippen molar-refractivity contribution in [3.8, 4) is 0 Å². The molecule has 0 radical (unpaired) electrons. The van der Waals surface area contributed by atoms with Gasteiger partial charge in [0, 0.05) is 17.1 Å². The maximum atomic E-state index is 12.8. The summed E-state index contributed by atoms with van der Waals surface area (Å²) in [5, 5.41) is 0.579. The average molecular weight is 326 g/mol. The highest BCUT2D eigenvalue weighted by atomic mass is 35.5. The van der Waals surface area contributed by atoms with E-state index in [4.69, 9.17) is 11.6 Å². The predicted octanol–water partition coefficient (Wildman–Crippen LogP) is 4.19. The number of imidazole rings is 1. The van der Waals surface area contributed by atoms with E-state index in [0.717, 1.165) is 36.2 Å². The lowest BCUT2D eigenvalue weighted by Crippen LogP contribution is -2.31. The summed E-state index contributed by atoms with van der Waals surface area (Å²) in [7, 11) is 0. The summed E-state index contributed by atoms with van der Waals surface area (Å²) in [6.45, 7) is 0.743. The second kappa shape index (κ2) is 5.70. The van der Waals surface area contributed by atoms with E-state index in [2.05, 4.69) is 9.97 Å². The lowest BCUT2D eigenvalue weighted by atomic mass is 10.1. The van der Waals surface area contributed by atoms with E-state index < -0.39 is 0 Å². The first-order valence-electron chi connectivity index (χ1n) is 7.73. The molecule has 23 heavy (non-hydrogen) atoms. The summed E-state index contributed by atoms with van der Waals surface area (Å²) in [4.78, 5) is 22.7. The van der Waals surface area contributed by atoms with Crippen molar-refractivity contribution >= 4 is 28.5 Å². The van der Waals surface area contributed by atoms with Crippen molar-refractivity contribution in [3.63, 3.8) is 0 Å². The van der Waals surface area contributed by atoms with Crippen LogP contribution in [0.25, 0.3) is 11.0 Å². The van der Waals surface area contributed by atoms with Crippen molar-refractivity contribution in [1.82, 2.24) is 14.9 Å². The van der Waals surface area contributed by atoms with Gasteiger partial charge in [0.1, 0.15) is 5.82 Å². The van der Waals surface area contributed by atoms with E-state index in [1.165, 1.54) is 0 Å². The van der Waals surface area contributed by atoms with Gasteiger partial charge in [-0.25, -0.2) is 4.98 Å². The van der Waals surface area contributed by atoms with Crippen molar-refractivity contribution in [3.05, 3.63) is 64.9 Å². The molecule has 116 valence electrons. The summed E-state index contributed by atoms with van der Waals surface area (Å²) in [5.74, 6) is 0.870. The zero-order valence-electron chi connectivity index (χ0n) is 12.5. The van der Waals surface area contributed by atoms with E-state index in [-0.39, 0.29) is 11.9 Å². The lowest BCUT2D eigenvalue weighted by Gasteiger charge is -2.23. The minimum Gasteiger partial charge on any atom is -0.340 e. The van der Waals surface area contributed by atoms with E-state index in [1.807, 2.05) is 41.3 Å². The number of fused-ring (bicyclic) bond motifs is 1.